The molecule has 3 aromatic rings. The van der Waals surface area contributed by atoms with Crippen LogP contribution in [0, 0.1) is 24.1 Å². The molecule has 3 rings (SSSR count). The van der Waals surface area contributed by atoms with E-state index in [4.69, 9.17) is 5.73 Å². The Morgan fingerprint density at radius 3 is 2.52 bits per heavy atom. The Kier molecular flexibility index (Phi) is 3.73. The quantitative estimate of drug-likeness (QED) is 0.790. The first kappa shape index (κ1) is 14.7. The topological polar surface area (TPSA) is 76.8 Å². The number of nitrogens with one attached hydrogen (secondary N) is 1. The fourth-order valence-corrected chi connectivity index (χ4v) is 2.61. The van der Waals surface area contributed by atoms with E-state index in [-0.39, 0.29) is 11.6 Å². The summed E-state index contributed by atoms with van der Waals surface area (Å²) < 4.78 is 13.2. The highest BCUT2D eigenvalue weighted by Gasteiger charge is 2.19. The number of anilines is 1. The number of rotatable bonds is 2. The van der Waals surface area contributed by atoms with E-state index in [9.17, 15) is 9.65 Å². The van der Waals surface area contributed by atoms with Gasteiger partial charge in [-0.15, -0.1) is 0 Å². The van der Waals surface area contributed by atoms with Crippen molar-refractivity contribution in [2.45, 2.75) is 6.92 Å². The summed E-state index contributed by atoms with van der Waals surface area (Å²) in [6, 6.07) is 11.9. The average Bonchev–Trinajstić information content (AvgIpc) is 2.58. The van der Waals surface area contributed by atoms with Crippen LogP contribution >= 0.6 is 0 Å². The van der Waals surface area contributed by atoms with Crippen molar-refractivity contribution < 1.29 is 9.37 Å². The van der Waals surface area contributed by atoms with Crippen LogP contribution in [-0.2, 0) is 0 Å². The average molecular weight is 305 g/mol. The molecule has 0 amide bonds. The number of nitriles is 1. The van der Waals surface area contributed by atoms with Crippen LogP contribution in [0.1, 0.15) is 11.1 Å². The van der Waals surface area contributed by atoms with Crippen molar-refractivity contribution in [2.75, 3.05) is 5.73 Å². The van der Waals surface area contributed by atoms with E-state index in [1.54, 1.807) is 24.5 Å². The number of hydrogen-bond acceptors (Lipinski definition) is 3. The maximum Gasteiger partial charge on any atom is 0.174 e. The lowest BCUT2D eigenvalue weighted by molar-refractivity contribution is -0.377. The van der Waals surface area contributed by atoms with Crippen molar-refractivity contribution in [1.82, 2.24) is 4.98 Å². The molecule has 5 heteroatoms. The van der Waals surface area contributed by atoms with Crippen molar-refractivity contribution in [3.8, 4) is 28.5 Å². The van der Waals surface area contributed by atoms with Crippen LogP contribution < -0.4 is 10.7 Å². The van der Waals surface area contributed by atoms with Gasteiger partial charge in [0.05, 0.1) is 5.69 Å². The zero-order valence-electron chi connectivity index (χ0n) is 12.5. The van der Waals surface area contributed by atoms with Gasteiger partial charge in [0.25, 0.3) is 0 Å². The van der Waals surface area contributed by atoms with Crippen molar-refractivity contribution in [3.05, 3.63) is 65.7 Å². The van der Waals surface area contributed by atoms with Gasteiger partial charge in [-0.2, -0.15) is 5.26 Å². The van der Waals surface area contributed by atoms with Crippen LogP contribution in [0.4, 0.5) is 10.2 Å². The number of aromatic amines is 1. The van der Waals surface area contributed by atoms with E-state index in [0.29, 0.717) is 11.3 Å². The molecular weight excluding hydrogens is 291 g/mol. The molecule has 0 aliphatic heterocycles. The van der Waals surface area contributed by atoms with Crippen molar-refractivity contribution >= 4 is 5.82 Å². The van der Waals surface area contributed by atoms with Crippen molar-refractivity contribution in [2.24, 2.45) is 0 Å². The largest absolute Gasteiger partial charge is 0.383 e. The van der Waals surface area contributed by atoms with Crippen molar-refractivity contribution in [3.63, 3.8) is 0 Å². The van der Waals surface area contributed by atoms with Gasteiger partial charge in [0.15, 0.2) is 12.4 Å². The summed E-state index contributed by atoms with van der Waals surface area (Å²) in [6.45, 7) is 1.88. The van der Waals surface area contributed by atoms with Gasteiger partial charge in [-0.3, -0.25) is 0 Å². The van der Waals surface area contributed by atoms with Crippen LogP contribution in [0.5, 0.6) is 0 Å². The van der Waals surface area contributed by atoms with Crippen LogP contribution in [-0.4, -0.2) is 4.98 Å². The standard InChI is InChI=1S/C18H13FN4/c1-11-16(13-3-2-8-22-10-13)15(9-20)18(21)23-17(11)12-4-6-14(19)7-5-12/h2-8,10H,1H3,(H2,21,23)/p+1. The SMILES string of the molecule is Cc1c(-c2ccc(F)cc2)nc(N)c(C#N)c1-c1ccc[nH+]c1. The third kappa shape index (κ3) is 2.62. The van der Waals surface area contributed by atoms with Gasteiger partial charge in [0.2, 0.25) is 0 Å². The smallest absolute Gasteiger partial charge is 0.174 e. The van der Waals surface area contributed by atoms with Gasteiger partial charge in [-0.05, 0) is 42.8 Å². The first-order valence-electron chi connectivity index (χ1n) is 7.04. The minimum atomic E-state index is -0.314. The zero-order valence-corrected chi connectivity index (χ0v) is 12.5. The third-order valence-electron chi connectivity index (χ3n) is 3.69. The summed E-state index contributed by atoms with van der Waals surface area (Å²) in [5.74, 6) is -0.151. The van der Waals surface area contributed by atoms with Crippen molar-refractivity contribution in [1.29, 1.82) is 5.26 Å². The molecule has 0 radical (unpaired) electrons. The Labute approximate surface area is 133 Å². The molecule has 0 aliphatic rings. The first-order chi connectivity index (χ1) is 11.1. The van der Waals surface area contributed by atoms with Gasteiger partial charge < -0.3 is 5.73 Å². The van der Waals surface area contributed by atoms with Crippen LogP contribution in [0.25, 0.3) is 22.4 Å². The number of halogens is 1. The van der Waals surface area contributed by atoms with E-state index in [1.807, 2.05) is 19.1 Å². The van der Waals surface area contributed by atoms with Gasteiger partial charge >= 0.3 is 0 Å². The molecule has 0 fully saturated rings. The van der Waals surface area contributed by atoms with Gasteiger partial charge in [0, 0.05) is 22.8 Å². The number of pyridine rings is 2. The van der Waals surface area contributed by atoms with E-state index < -0.39 is 0 Å². The van der Waals surface area contributed by atoms with Gasteiger partial charge in [-0.25, -0.2) is 14.4 Å². The lowest BCUT2D eigenvalue weighted by Crippen LogP contribution is -2.05. The number of benzene rings is 1. The second-order valence-corrected chi connectivity index (χ2v) is 5.13. The fraction of sp³-hybridized carbons (Fsp3) is 0.0556. The number of hydrogen-bond donors (Lipinski definition) is 1. The predicted octanol–water partition coefficient (Wildman–Crippen LogP) is 3.13. The highest BCUT2D eigenvalue weighted by molar-refractivity contribution is 5.83. The molecular formula is C18H14FN4+. The first-order valence-corrected chi connectivity index (χ1v) is 7.04. The Balaban J connectivity index is 2.31. The molecule has 0 unspecified atom stereocenters. The Hall–Kier alpha value is -3.26. The second kappa shape index (κ2) is 5.85. The van der Waals surface area contributed by atoms with E-state index in [1.165, 1.54) is 12.1 Å². The molecule has 4 nitrogen and oxygen atoms in total. The highest BCUT2D eigenvalue weighted by Crippen LogP contribution is 2.35. The number of aromatic nitrogens is 2. The minimum Gasteiger partial charge on any atom is -0.383 e. The summed E-state index contributed by atoms with van der Waals surface area (Å²) in [6.07, 6.45) is 3.59. The molecule has 1 aromatic carbocycles. The van der Waals surface area contributed by atoms with E-state index in [2.05, 4.69) is 16.0 Å². The van der Waals surface area contributed by atoms with E-state index >= 15 is 0 Å². The third-order valence-corrected chi connectivity index (χ3v) is 3.69. The number of nitrogen functional groups attached to an aromatic ring is 1. The molecule has 2 heterocycles. The molecule has 0 saturated carbocycles. The molecule has 0 atom stereocenters. The zero-order chi connectivity index (χ0) is 16.4. The summed E-state index contributed by atoms with van der Waals surface area (Å²) in [5.41, 5.74) is 10.1. The summed E-state index contributed by atoms with van der Waals surface area (Å²) in [5, 5.41) is 9.45. The van der Waals surface area contributed by atoms with Crippen LogP contribution in [0.2, 0.25) is 0 Å². The molecule has 0 bridgehead atoms. The Bertz CT molecular complexity index is 897. The summed E-state index contributed by atoms with van der Waals surface area (Å²) >= 11 is 0. The predicted molar refractivity (Wildman–Crippen MR) is 85.5 cm³/mol. The monoisotopic (exact) mass is 305 g/mol. The Morgan fingerprint density at radius 2 is 1.91 bits per heavy atom. The van der Waals surface area contributed by atoms with E-state index in [0.717, 1.165) is 22.3 Å². The number of nitrogens with two attached hydrogens (primary N) is 1. The highest BCUT2D eigenvalue weighted by atomic mass is 19.1. The lowest BCUT2D eigenvalue weighted by Gasteiger charge is -2.14. The number of nitrogens with zero attached hydrogens (tertiary/aromatic N) is 2. The molecule has 112 valence electrons. The molecule has 3 N–H and O–H groups in total. The normalized spacial score (nSPS) is 10.3. The summed E-state index contributed by atoms with van der Waals surface area (Å²) in [4.78, 5) is 7.36. The number of H-pyrrole nitrogens is 1. The van der Waals surface area contributed by atoms with Gasteiger partial charge in [0.1, 0.15) is 23.3 Å². The molecule has 23 heavy (non-hydrogen) atoms. The Morgan fingerprint density at radius 1 is 1.17 bits per heavy atom. The maximum absolute atomic E-state index is 13.2. The molecule has 0 aliphatic carbocycles. The van der Waals surface area contributed by atoms with Crippen LogP contribution in [0.15, 0.2) is 48.8 Å². The lowest BCUT2D eigenvalue weighted by atomic mass is 9.94. The minimum absolute atomic E-state index is 0.163. The van der Waals surface area contributed by atoms with Crippen LogP contribution in [0.3, 0.4) is 0 Å². The summed E-state index contributed by atoms with van der Waals surface area (Å²) in [7, 11) is 0. The molecule has 0 spiro atoms. The molecule has 0 saturated heterocycles. The molecule has 2 aromatic heterocycles. The maximum atomic E-state index is 13.2. The second-order valence-electron chi connectivity index (χ2n) is 5.13. The fourth-order valence-electron chi connectivity index (χ4n) is 2.61. The van der Waals surface area contributed by atoms with Gasteiger partial charge in [-0.1, -0.05) is 0 Å².